The van der Waals surface area contributed by atoms with Crippen molar-refractivity contribution in [2.45, 2.75) is 32.4 Å². The molecule has 0 atom stereocenters. The molecule has 1 aromatic rings. The molecule has 9 heteroatoms. The average Bonchev–Trinajstić information content (AvgIpc) is 2.61. The Balaban J connectivity index is 1.84. The van der Waals surface area contributed by atoms with Crippen LogP contribution in [0.3, 0.4) is 0 Å². The first-order valence-electron chi connectivity index (χ1n) is 8.24. The average molecular weight is 435 g/mol. The van der Waals surface area contributed by atoms with Crippen molar-refractivity contribution in [2.75, 3.05) is 25.9 Å². The fourth-order valence-corrected chi connectivity index (χ4v) is 4.06. The second-order valence-corrected chi connectivity index (χ2v) is 9.00. The number of hydrogen-bond donors (Lipinski definition) is 2. The van der Waals surface area contributed by atoms with Gasteiger partial charge in [-0.1, -0.05) is 6.07 Å². The second-order valence-electron chi connectivity index (χ2n) is 5.89. The van der Waals surface area contributed by atoms with Gasteiger partial charge in [-0.2, -0.15) is 0 Å². The third kappa shape index (κ3) is 5.65. The van der Waals surface area contributed by atoms with Gasteiger partial charge >= 0.3 is 0 Å². The molecule has 0 radical (unpaired) electrons. The fourth-order valence-electron chi connectivity index (χ4n) is 2.68. The van der Waals surface area contributed by atoms with Crippen molar-refractivity contribution in [1.82, 2.24) is 14.9 Å². The van der Waals surface area contributed by atoms with Crippen molar-refractivity contribution >= 4 is 31.9 Å². The summed E-state index contributed by atoms with van der Waals surface area (Å²) in [6.45, 7) is 3.15. The van der Waals surface area contributed by atoms with Crippen LogP contribution in [0.15, 0.2) is 27.7 Å². The first kappa shape index (κ1) is 20.1. The predicted octanol–water partition coefficient (Wildman–Crippen LogP) is 2.07. The van der Waals surface area contributed by atoms with Crippen LogP contribution in [0.5, 0.6) is 0 Å². The summed E-state index contributed by atoms with van der Waals surface area (Å²) in [6, 6.07) is 5.14. The molecule has 0 aliphatic carbocycles. The molecule has 0 saturated carbocycles. The third-order valence-electron chi connectivity index (χ3n) is 4.22. The summed E-state index contributed by atoms with van der Waals surface area (Å²) in [6.07, 6.45) is 1.46. The molecule has 1 aliphatic heterocycles. The highest BCUT2D eigenvalue weighted by molar-refractivity contribution is 9.10. The Morgan fingerprint density at radius 1 is 1.40 bits per heavy atom. The molecule has 1 saturated heterocycles. The summed E-state index contributed by atoms with van der Waals surface area (Å²) in [7, 11) is -1.44. The minimum absolute atomic E-state index is 0.137. The van der Waals surface area contributed by atoms with Gasteiger partial charge in [0.2, 0.25) is 10.0 Å². The first-order chi connectivity index (χ1) is 11.9. The van der Waals surface area contributed by atoms with Crippen LogP contribution in [-0.2, 0) is 16.6 Å². The summed E-state index contributed by atoms with van der Waals surface area (Å²) in [5.74, 6) is 0.463. The van der Waals surface area contributed by atoms with E-state index in [2.05, 4.69) is 31.6 Å². The predicted molar refractivity (Wildman–Crippen MR) is 101 cm³/mol. The van der Waals surface area contributed by atoms with E-state index in [9.17, 15) is 12.8 Å². The quantitative estimate of drug-likeness (QED) is 0.549. The van der Waals surface area contributed by atoms with Crippen LogP contribution in [0.2, 0.25) is 0 Å². The van der Waals surface area contributed by atoms with Gasteiger partial charge in [-0.05, 0) is 53.4 Å². The highest BCUT2D eigenvalue weighted by Crippen LogP contribution is 2.16. The van der Waals surface area contributed by atoms with Crippen LogP contribution in [0.1, 0.15) is 25.3 Å². The zero-order chi connectivity index (χ0) is 18.4. The van der Waals surface area contributed by atoms with Gasteiger partial charge in [-0.25, -0.2) is 17.1 Å². The van der Waals surface area contributed by atoms with Crippen LogP contribution in [0, 0.1) is 5.82 Å². The maximum Gasteiger partial charge on any atom is 0.213 e. The number of piperidine rings is 1. The first-order valence-corrected chi connectivity index (χ1v) is 10.6. The van der Waals surface area contributed by atoms with E-state index in [1.165, 1.54) is 6.07 Å². The molecule has 0 spiro atoms. The summed E-state index contributed by atoms with van der Waals surface area (Å²) in [5.41, 5.74) is 0.813. The molecule has 25 heavy (non-hydrogen) atoms. The van der Waals surface area contributed by atoms with Crippen molar-refractivity contribution in [3.8, 4) is 0 Å². The molecular formula is C16H24BrFN4O2S. The number of halogens is 2. The van der Waals surface area contributed by atoms with Gasteiger partial charge in [-0.3, -0.25) is 4.99 Å². The number of guanidine groups is 1. The lowest BCUT2D eigenvalue weighted by atomic mass is 10.1. The topological polar surface area (TPSA) is 73.8 Å². The van der Waals surface area contributed by atoms with Gasteiger partial charge in [0.15, 0.2) is 5.96 Å². The van der Waals surface area contributed by atoms with Gasteiger partial charge in [0.25, 0.3) is 0 Å². The van der Waals surface area contributed by atoms with E-state index < -0.39 is 10.0 Å². The van der Waals surface area contributed by atoms with Crippen molar-refractivity contribution in [1.29, 1.82) is 0 Å². The van der Waals surface area contributed by atoms with E-state index in [1.54, 1.807) is 24.3 Å². The molecule has 0 unspecified atom stereocenters. The van der Waals surface area contributed by atoms with Crippen LogP contribution in [0.25, 0.3) is 0 Å². The lowest BCUT2D eigenvalue weighted by Gasteiger charge is -2.32. The van der Waals surface area contributed by atoms with Crippen molar-refractivity contribution in [3.05, 3.63) is 34.1 Å². The number of aliphatic imine (C=N–C) groups is 1. The molecule has 0 amide bonds. The lowest BCUT2D eigenvalue weighted by Crippen LogP contribution is -2.49. The highest BCUT2D eigenvalue weighted by atomic mass is 79.9. The highest BCUT2D eigenvalue weighted by Gasteiger charge is 2.26. The number of hydrogen-bond acceptors (Lipinski definition) is 3. The number of nitrogens with one attached hydrogen (secondary N) is 2. The van der Waals surface area contributed by atoms with E-state index in [-0.39, 0.29) is 17.6 Å². The standard InChI is InChI=1S/C16H24BrFN4O2S/c1-3-25(23,24)22-8-6-13(7-9-22)21-16(19-2)20-11-12-4-5-14(17)15(18)10-12/h4-5,10,13H,3,6-9,11H2,1-2H3,(H2,19,20,21). The normalized spacial score (nSPS) is 17.5. The Kier molecular flexibility index (Phi) is 7.21. The summed E-state index contributed by atoms with van der Waals surface area (Å²) in [4.78, 5) is 4.18. The molecule has 6 nitrogen and oxygen atoms in total. The molecule has 1 fully saturated rings. The van der Waals surface area contributed by atoms with Crippen LogP contribution in [0.4, 0.5) is 4.39 Å². The lowest BCUT2D eigenvalue weighted by molar-refractivity contribution is 0.306. The Morgan fingerprint density at radius 2 is 2.08 bits per heavy atom. The monoisotopic (exact) mass is 434 g/mol. The molecule has 0 aromatic heterocycles. The van der Waals surface area contributed by atoms with Gasteiger partial charge in [0, 0.05) is 32.7 Å². The van der Waals surface area contributed by atoms with E-state index in [1.807, 2.05) is 6.07 Å². The molecule has 1 aliphatic rings. The zero-order valence-electron chi connectivity index (χ0n) is 14.4. The number of nitrogens with zero attached hydrogens (tertiary/aromatic N) is 2. The number of benzene rings is 1. The fraction of sp³-hybridized carbons (Fsp3) is 0.562. The molecular weight excluding hydrogens is 411 g/mol. The van der Waals surface area contributed by atoms with E-state index >= 15 is 0 Å². The Morgan fingerprint density at radius 3 is 2.64 bits per heavy atom. The van der Waals surface area contributed by atoms with Gasteiger partial charge in [0.05, 0.1) is 10.2 Å². The summed E-state index contributed by atoms with van der Waals surface area (Å²) < 4.78 is 39.3. The minimum Gasteiger partial charge on any atom is -0.354 e. The smallest absolute Gasteiger partial charge is 0.213 e. The van der Waals surface area contributed by atoms with E-state index in [4.69, 9.17) is 0 Å². The van der Waals surface area contributed by atoms with Crippen molar-refractivity contribution < 1.29 is 12.8 Å². The number of sulfonamides is 1. The van der Waals surface area contributed by atoms with E-state index in [0.717, 1.165) is 18.4 Å². The van der Waals surface area contributed by atoms with Gasteiger partial charge in [0.1, 0.15) is 5.82 Å². The van der Waals surface area contributed by atoms with Crippen molar-refractivity contribution in [2.24, 2.45) is 4.99 Å². The summed E-state index contributed by atoms with van der Waals surface area (Å²) >= 11 is 3.13. The second kappa shape index (κ2) is 8.95. The Bertz CT molecular complexity index is 719. The van der Waals surface area contributed by atoms with Crippen LogP contribution < -0.4 is 10.6 Å². The SMILES string of the molecule is CCS(=O)(=O)N1CCC(NC(=NC)NCc2ccc(Br)c(F)c2)CC1. The number of rotatable bonds is 5. The maximum atomic E-state index is 13.5. The Hall–Kier alpha value is -1.19. The van der Waals surface area contributed by atoms with Crippen LogP contribution >= 0.6 is 15.9 Å². The summed E-state index contributed by atoms with van der Waals surface area (Å²) in [5, 5.41) is 6.46. The van der Waals surface area contributed by atoms with E-state index in [0.29, 0.717) is 30.1 Å². The molecule has 2 rings (SSSR count). The van der Waals surface area contributed by atoms with Crippen LogP contribution in [-0.4, -0.2) is 50.6 Å². The molecule has 0 bridgehead atoms. The minimum atomic E-state index is -3.11. The van der Waals surface area contributed by atoms with Crippen molar-refractivity contribution in [3.63, 3.8) is 0 Å². The zero-order valence-corrected chi connectivity index (χ0v) is 16.8. The molecule has 1 aromatic carbocycles. The third-order valence-corrected chi connectivity index (χ3v) is 6.75. The molecule has 2 N–H and O–H groups in total. The Labute approximate surface area is 157 Å². The van der Waals surface area contributed by atoms with Gasteiger partial charge < -0.3 is 10.6 Å². The van der Waals surface area contributed by atoms with Gasteiger partial charge in [-0.15, -0.1) is 0 Å². The molecule has 140 valence electrons. The molecule has 1 heterocycles. The maximum absolute atomic E-state index is 13.5. The largest absolute Gasteiger partial charge is 0.354 e.